The van der Waals surface area contributed by atoms with E-state index in [2.05, 4.69) is 5.32 Å². The van der Waals surface area contributed by atoms with Crippen LogP contribution in [0.25, 0.3) is 0 Å². The van der Waals surface area contributed by atoms with E-state index in [0.717, 1.165) is 13.0 Å². The molecule has 1 N–H and O–H groups in total. The maximum absolute atomic E-state index is 11.9. The largest absolute Gasteiger partial charge is 0.379 e. The summed E-state index contributed by atoms with van der Waals surface area (Å²) in [6.45, 7) is 2.45. The van der Waals surface area contributed by atoms with Crippen LogP contribution < -0.4 is 5.32 Å². The molecule has 0 aromatic rings. The van der Waals surface area contributed by atoms with E-state index in [0.29, 0.717) is 19.6 Å². The molecule has 1 atom stereocenters. The van der Waals surface area contributed by atoms with E-state index in [1.807, 2.05) is 0 Å². The third kappa shape index (κ3) is 1.67. The van der Waals surface area contributed by atoms with Gasteiger partial charge in [-0.2, -0.15) is 4.31 Å². The van der Waals surface area contributed by atoms with Crippen molar-refractivity contribution >= 4 is 10.0 Å². The van der Waals surface area contributed by atoms with Gasteiger partial charge < -0.3 is 10.1 Å². The Labute approximate surface area is 84.5 Å². The minimum atomic E-state index is -3.05. The van der Waals surface area contributed by atoms with Crippen LogP contribution in [-0.4, -0.2) is 57.4 Å². The third-order valence-electron chi connectivity index (χ3n) is 2.94. The van der Waals surface area contributed by atoms with Crippen LogP contribution >= 0.6 is 0 Å². The van der Waals surface area contributed by atoms with Crippen LogP contribution in [0.2, 0.25) is 0 Å². The number of methoxy groups -OCH3 is 1. The standard InChI is InChI=1S/C8H16N2O3S/c1-13-7-5-10(6-7)14(11,12)8-2-3-9-4-8/h7-9H,2-6H2,1H3. The molecule has 0 bridgehead atoms. The summed E-state index contributed by atoms with van der Waals surface area (Å²) in [5.74, 6) is 0. The van der Waals surface area contributed by atoms with Crippen molar-refractivity contribution in [2.24, 2.45) is 0 Å². The highest BCUT2D eigenvalue weighted by Gasteiger charge is 2.41. The summed E-state index contributed by atoms with van der Waals surface area (Å²) in [7, 11) is -1.44. The minimum absolute atomic E-state index is 0.0964. The van der Waals surface area contributed by atoms with Gasteiger partial charge in [-0.25, -0.2) is 8.42 Å². The fraction of sp³-hybridized carbons (Fsp3) is 1.00. The van der Waals surface area contributed by atoms with Crippen molar-refractivity contribution in [2.45, 2.75) is 17.8 Å². The Morgan fingerprint density at radius 1 is 1.43 bits per heavy atom. The van der Waals surface area contributed by atoms with Crippen LogP contribution in [0.5, 0.6) is 0 Å². The van der Waals surface area contributed by atoms with Gasteiger partial charge in [-0.05, 0) is 13.0 Å². The van der Waals surface area contributed by atoms with E-state index >= 15 is 0 Å². The predicted octanol–water partition coefficient (Wildman–Crippen LogP) is -0.991. The lowest BCUT2D eigenvalue weighted by Gasteiger charge is -2.38. The molecule has 0 aromatic carbocycles. The maximum atomic E-state index is 11.9. The zero-order valence-electron chi connectivity index (χ0n) is 8.27. The molecule has 14 heavy (non-hydrogen) atoms. The first-order valence-electron chi connectivity index (χ1n) is 4.87. The van der Waals surface area contributed by atoms with E-state index in [1.165, 1.54) is 4.31 Å². The van der Waals surface area contributed by atoms with Crippen molar-refractivity contribution in [3.63, 3.8) is 0 Å². The fourth-order valence-electron chi connectivity index (χ4n) is 1.85. The van der Waals surface area contributed by atoms with E-state index in [-0.39, 0.29) is 11.4 Å². The summed E-state index contributed by atoms with van der Waals surface area (Å²) < 4.78 is 30.4. The number of nitrogens with zero attached hydrogens (tertiary/aromatic N) is 1. The number of hydrogen-bond donors (Lipinski definition) is 1. The number of sulfonamides is 1. The van der Waals surface area contributed by atoms with Crippen LogP contribution in [0, 0.1) is 0 Å². The van der Waals surface area contributed by atoms with E-state index in [4.69, 9.17) is 4.74 Å². The summed E-state index contributed by atoms with van der Waals surface area (Å²) in [5, 5.41) is 2.85. The first-order chi connectivity index (χ1) is 6.64. The van der Waals surface area contributed by atoms with Gasteiger partial charge in [-0.1, -0.05) is 0 Å². The zero-order valence-corrected chi connectivity index (χ0v) is 9.09. The summed E-state index contributed by atoms with van der Waals surface area (Å²) in [6.07, 6.45) is 0.829. The van der Waals surface area contributed by atoms with Gasteiger partial charge in [0, 0.05) is 26.7 Å². The van der Waals surface area contributed by atoms with Gasteiger partial charge in [0.2, 0.25) is 10.0 Å². The average molecular weight is 220 g/mol. The molecular weight excluding hydrogens is 204 g/mol. The van der Waals surface area contributed by atoms with Crippen molar-refractivity contribution in [3.05, 3.63) is 0 Å². The van der Waals surface area contributed by atoms with Gasteiger partial charge in [0.1, 0.15) is 0 Å². The third-order valence-corrected chi connectivity index (χ3v) is 5.21. The topological polar surface area (TPSA) is 58.6 Å². The molecule has 1 unspecified atom stereocenters. The molecule has 0 saturated carbocycles. The van der Waals surface area contributed by atoms with Gasteiger partial charge in [0.25, 0.3) is 0 Å². The van der Waals surface area contributed by atoms with Crippen molar-refractivity contribution in [2.75, 3.05) is 33.3 Å². The summed E-state index contributed by atoms with van der Waals surface area (Å²) in [4.78, 5) is 0. The Morgan fingerprint density at radius 3 is 2.64 bits per heavy atom. The highest BCUT2D eigenvalue weighted by molar-refractivity contribution is 7.89. The highest BCUT2D eigenvalue weighted by atomic mass is 32.2. The molecule has 2 aliphatic heterocycles. The molecule has 2 heterocycles. The van der Waals surface area contributed by atoms with Crippen LogP contribution in [-0.2, 0) is 14.8 Å². The Hall–Kier alpha value is -0.170. The number of nitrogens with one attached hydrogen (secondary N) is 1. The van der Waals surface area contributed by atoms with Crippen molar-refractivity contribution in [1.82, 2.24) is 9.62 Å². The molecule has 0 radical (unpaired) electrons. The molecule has 0 aromatic heterocycles. The molecule has 82 valence electrons. The Balaban J connectivity index is 1.96. The first-order valence-corrected chi connectivity index (χ1v) is 6.37. The van der Waals surface area contributed by atoms with E-state index < -0.39 is 10.0 Å². The molecule has 0 aliphatic carbocycles. The lowest BCUT2D eigenvalue weighted by atomic mass is 10.2. The maximum Gasteiger partial charge on any atom is 0.218 e. The Morgan fingerprint density at radius 2 is 2.14 bits per heavy atom. The van der Waals surface area contributed by atoms with E-state index in [9.17, 15) is 8.42 Å². The second kappa shape index (κ2) is 3.77. The lowest BCUT2D eigenvalue weighted by molar-refractivity contribution is 0.0121. The fourth-order valence-corrected chi connectivity index (χ4v) is 3.76. The number of rotatable bonds is 3. The normalized spacial score (nSPS) is 30.5. The Kier molecular flexibility index (Phi) is 2.79. The number of ether oxygens (including phenoxy) is 1. The van der Waals surface area contributed by atoms with Gasteiger partial charge >= 0.3 is 0 Å². The van der Waals surface area contributed by atoms with Crippen molar-refractivity contribution in [3.8, 4) is 0 Å². The minimum Gasteiger partial charge on any atom is -0.379 e. The monoisotopic (exact) mass is 220 g/mol. The van der Waals surface area contributed by atoms with Crippen molar-refractivity contribution < 1.29 is 13.2 Å². The second-order valence-electron chi connectivity index (χ2n) is 3.83. The molecule has 2 rings (SSSR count). The molecule has 2 aliphatic rings. The molecule has 0 spiro atoms. The van der Waals surface area contributed by atoms with Crippen LogP contribution in [0.1, 0.15) is 6.42 Å². The first kappa shape index (κ1) is 10.4. The predicted molar refractivity (Wildman–Crippen MR) is 52.6 cm³/mol. The lowest BCUT2D eigenvalue weighted by Crippen LogP contribution is -2.56. The molecule has 0 amide bonds. The summed E-state index contributed by atoms with van der Waals surface area (Å²) in [5.41, 5.74) is 0. The van der Waals surface area contributed by atoms with Gasteiger partial charge in [-0.15, -0.1) is 0 Å². The summed E-state index contributed by atoms with van der Waals surface area (Å²) in [6, 6.07) is 0. The molecule has 2 saturated heterocycles. The van der Waals surface area contributed by atoms with Crippen LogP contribution in [0.15, 0.2) is 0 Å². The van der Waals surface area contributed by atoms with Crippen LogP contribution in [0.4, 0.5) is 0 Å². The molecule has 5 nitrogen and oxygen atoms in total. The van der Waals surface area contributed by atoms with Gasteiger partial charge in [0.15, 0.2) is 0 Å². The smallest absolute Gasteiger partial charge is 0.218 e. The zero-order chi connectivity index (χ0) is 10.2. The van der Waals surface area contributed by atoms with Gasteiger partial charge in [-0.3, -0.25) is 0 Å². The average Bonchev–Trinajstić information content (AvgIpc) is 2.53. The summed E-state index contributed by atoms with van der Waals surface area (Å²) >= 11 is 0. The number of hydrogen-bond acceptors (Lipinski definition) is 4. The highest BCUT2D eigenvalue weighted by Crippen LogP contribution is 2.22. The Bertz CT molecular complexity index is 292. The van der Waals surface area contributed by atoms with Crippen LogP contribution in [0.3, 0.4) is 0 Å². The van der Waals surface area contributed by atoms with Crippen molar-refractivity contribution in [1.29, 1.82) is 0 Å². The van der Waals surface area contributed by atoms with E-state index in [1.54, 1.807) is 7.11 Å². The SMILES string of the molecule is COC1CN(S(=O)(=O)C2CCNC2)C1. The molecule has 6 heteroatoms. The quantitative estimate of drug-likeness (QED) is 0.663. The molecular formula is C8H16N2O3S. The van der Waals surface area contributed by atoms with Gasteiger partial charge in [0.05, 0.1) is 11.4 Å². The second-order valence-corrected chi connectivity index (χ2v) is 6.05. The molecule has 2 fully saturated rings.